The molecule has 0 radical (unpaired) electrons. The van der Waals surface area contributed by atoms with Crippen molar-refractivity contribution in [2.75, 3.05) is 5.32 Å². The summed E-state index contributed by atoms with van der Waals surface area (Å²) in [5, 5.41) is 17.9. The second kappa shape index (κ2) is 12.8. The van der Waals surface area contributed by atoms with Crippen LogP contribution in [0.3, 0.4) is 0 Å². The standard InChI is InChI=1S/C36H39N3O5/c1-23-20-31(23)39(34(42)30(21-24-10-6-5-7-11-24)38-35(43)44-36(2,3)4)32(26-15-18-29(40)19-16-26)33(41)37-28-17-14-25-12-8-9-13-27(25)22-28/h5-19,22-23,30-32,40H,20-21H2,1-4H3,(H,37,41)(H,38,43). The first-order chi connectivity index (χ1) is 21.0. The number of fused-ring (bicyclic) bond motifs is 1. The van der Waals surface area contributed by atoms with Crippen molar-refractivity contribution in [2.45, 2.75) is 64.3 Å². The third-order valence-corrected chi connectivity index (χ3v) is 7.70. The molecule has 0 aromatic heterocycles. The fourth-order valence-corrected chi connectivity index (χ4v) is 5.42. The zero-order chi connectivity index (χ0) is 31.4. The summed E-state index contributed by atoms with van der Waals surface area (Å²) in [6.45, 7) is 7.32. The molecule has 1 fully saturated rings. The number of nitrogens with one attached hydrogen (secondary N) is 2. The fourth-order valence-electron chi connectivity index (χ4n) is 5.42. The molecule has 0 heterocycles. The topological polar surface area (TPSA) is 108 Å². The van der Waals surface area contributed by atoms with Crippen molar-refractivity contribution < 1.29 is 24.2 Å². The Balaban J connectivity index is 1.52. The van der Waals surface area contributed by atoms with Gasteiger partial charge in [-0.05, 0) is 79.3 Å². The molecule has 0 spiro atoms. The lowest BCUT2D eigenvalue weighted by Gasteiger charge is -2.35. The van der Waals surface area contributed by atoms with E-state index < -0.39 is 29.7 Å². The van der Waals surface area contributed by atoms with Crippen LogP contribution in [0.2, 0.25) is 0 Å². The number of ether oxygens (including phenoxy) is 1. The molecule has 0 bridgehead atoms. The van der Waals surface area contributed by atoms with Crippen LogP contribution in [-0.4, -0.2) is 45.6 Å². The van der Waals surface area contributed by atoms with Crippen molar-refractivity contribution in [2.24, 2.45) is 5.92 Å². The molecule has 1 saturated carbocycles. The van der Waals surface area contributed by atoms with E-state index in [0.29, 0.717) is 17.7 Å². The number of nitrogens with zero attached hydrogens (tertiary/aromatic N) is 1. The summed E-state index contributed by atoms with van der Waals surface area (Å²) in [4.78, 5) is 43.4. The van der Waals surface area contributed by atoms with Gasteiger partial charge in [0.25, 0.3) is 5.91 Å². The van der Waals surface area contributed by atoms with Gasteiger partial charge in [0.1, 0.15) is 23.4 Å². The molecule has 44 heavy (non-hydrogen) atoms. The van der Waals surface area contributed by atoms with Crippen LogP contribution >= 0.6 is 0 Å². The molecule has 0 aliphatic heterocycles. The molecule has 4 aromatic carbocycles. The van der Waals surface area contributed by atoms with Crippen molar-refractivity contribution in [1.82, 2.24) is 10.2 Å². The van der Waals surface area contributed by atoms with Crippen LogP contribution in [0.4, 0.5) is 10.5 Å². The monoisotopic (exact) mass is 593 g/mol. The minimum absolute atomic E-state index is 0.0497. The molecule has 1 aliphatic carbocycles. The predicted octanol–water partition coefficient (Wildman–Crippen LogP) is 6.60. The Bertz CT molecular complexity index is 1630. The third kappa shape index (κ3) is 7.56. The molecule has 3 amide bonds. The first-order valence-corrected chi connectivity index (χ1v) is 14.9. The lowest BCUT2D eigenvalue weighted by molar-refractivity contribution is -0.141. The summed E-state index contributed by atoms with van der Waals surface area (Å²) >= 11 is 0. The largest absolute Gasteiger partial charge is 0.508 e. The van der Waals surface area contributed by atoms with Crippen LogP contribution in [0.1, 0.15) is 51.3 Å². The van der Waals surface area contributed by atoms with Gasteiger partial charge in [-0.1, -0.05) is 79.7 Å². The van der Waals surface area contributed by atoms with Gasteiger partial charge in [-0.3, -0.25) is 9.59 Å². The minimum Gasteiger partial charge on any atom is -0.508 e. The first kappa shape index (κ1) is 30.6. The van der Waals surface area contributed by atoms with Crippen molar-refractivity contribution in [1.29, 1.82) is 0 Å². The zero-order valence-corrected chi connectivity index (χ0v) is 25.5. The molecule has 8 heteroatoms. The second-order valence-electron chi connectivity index (χ2n) is 12.5. The van der Waals surface area contributed by atoms with Crippen LogP contribution in [0.5, 0.6) is 5.75 Å². The van der Waals surface area contributed by atoms with E-state index in [-0.39, 0.29) is 30.0 Å². The van der Waals surface area contributed by atoms with E-state index >= 15 is 0 Å². The minimum atomic E-state index is -1.02. The van der Waals surface area contributed by atoms with E-state index in [2.05, 4.69) is 10.6 Å². The molecule has 1 aliphatic rings. The maximum absolute atomic E-state index is 14.6. The van der Waals surface area contributed by atoms with Crippen molar-refractivity contribution in [3.63, 3.8) is 0 Å². The number of rotatable bonds is 9. The molecular weight excluding hydrogens is 554 g/mol. The maximum atomic E-state index is 14.6. The Hall–Kier alpha value is -4.85. The Labute approximate surface area is 258 Å². The highest BCUT2D eigenvalue weighted by Gasteiger charge is 2.48. The number of phenols is 1. The Kier molecular flexibility index (Phi) is 8.90. The lowest BCUT2D eigenvalue weighted by Crippen LogP contribution is -2.54. The fraction of sp³-hybridized carbons (Fsp3) is 0.306. The molecule has 5 rings (SSSR count). The molecule has 4 aromatic rings. The van der Waals surface area contributed by atoms with E-state index in [9.17, 15) is 19.5 Å². The highest BCUT2D eigenvalue weighted by molar-refractivity contribution is 6.00. The Morgan fingerprint density at radius 3 is 2.18 bits per heavy atom. The number of carbonyl (C=O) groups excluding carboxylic acids is 3. The van der Waals surface area contributed by atoms with Gasteiger partial charge in [0.2, 0.25) is 5.91 Å². The number of aromatic hydroxyl groups is 1. The number of anilines is 1. The van der Waals surface area contributed by atoms with Gasteiger partial charge < -0.3 is 25.4 Å². The Morgan fingerprint density at radius 2 is 1.55 bits per heavy atom. The van der Waals surface area contributed by atoms with Crippen molar-refractivity contribution >= 4 is 34.4 Å². The quantitative estimate of drug-likeness (QED) is 0.203. The average Bonchev–Trinajstić information content (AvgIpc) is 3.70. The van der Waals surface area contributed by atoms with Gasteiger partial charge in [0, 0.05) is 18.2 Å². The maximum Gasteiger partial charge on any atom is 0.408 e. The van der Waals surface area contributed by atoms with E-state index in [1.165, 1.54) is 12.1 Å². The summed E-state index contributed by atoms with van der Waals surface area (Å²) in [6, 6.07) is 27.0. The van der Waals surface area contributed by atoms with E-state index in [0.717, 1.165) is 16.3 Å². The van der Waals surface area contributed by atoms with Gasteiger partial charge in [-0.2, -0.15) is 0 Å². The Morgan fingerprint density at radius 1 is 0.909 bits per heavy atom. The van der Waals surface area contributed by atoms with Crippen LogP contribution in [0, 0.1) is 5.92 Å². The van der Waals surface area contributed by atoms with Crippen LogP contribution in [0.25, 0.3) is 10.8 Å². The summed E-state index contributed by atoms with van der Waals surface area (Å²) in [7, 11) is 0. The summed E-state index contributed by atoms with van der Waals surface area (Å²) in [5.41, 5.74) is 1.24. The van der Waals surface area contributed by atoms with Gasteiger partial charge >= 0.3 is 6.09 Å². The molecule has 0 saturated heterocycles. The number of amides is 3. The molecule has 228 valence electrons. The van der Waals surface area contributed by atoms with Crippen molar-refractivity contribution in [3.05, 3.63) is 108 Å². The lowest BCUT2D eigenvalue weighted by atomic mass is 9.99. The van der Waals surface area contributed by atoms with E-state index in [1.54, 1.807) is 37.8 Å². The number of benzene rings is 4. The number of alkyl carbamates (subject to hydrolysis) is 1. The normalized spacial score (nSPS) is 17.3. The number of hydrogen-bond acceptors (Lipinski definition) is 5. The molecule has 3 N–H and O–H groups in total. The molecular formula is C36H39N3O5. The molecule has 4 unspecified atom stereocenters. The van der Waals surface area contributed by atoms with Gasteiger partial charge in [-0.15, -0.1) is 0 Å². The highest BCUT2D eigenvalue weighted by Crippen LogP contribution is 2.41. The van der Waals surface area contributed by atoms with Crippen molar-refractivity contribution in [3.8, 4) is 5.75 Å². The predicted molar refractivity (Wildman–Crippen MR) is 171 cm³/mol. The van der Waals surface area contributed by atoms with Gasteiger partial charge in [0.05, 0.1) is 0 Å². The molecule has 8 nitrogen and oxygen atoms in total. The van der Waals surface area contributed by atoms with Gasteiger partial charge in [-0.25, -0.2) is 4.79 Å². The van der Waals surface area contributed by atoms with Crippen LogP contribution < -0.4 is 10.6 Å². The smallest absolute Gasteiger partial charge is 0.408 e. The van der Waals surface area contributed by atoms with Crippen LogP contribution in [0.15, 0.2) is 97.1 Å². The third-order valence-electron chi connectivity index (χ3n) is 7.70. The first-order valence-electron chi connectivity index (χ1n) is 14.9. The number of phenolic OH excluding ortho intramolecular Hbond substituents is 1. The summed E-state index contributed by atoms with van der Waals surface area (Å²) in [6.07, 6.45) is 0.219. The van der Waals surface area contributed by atoms with E-state index in [1.807, 2.05) is 79.7 Å². The number of carbonyl (C=O) groups is 3. The van der Waals surface area contributed by atoms with E-state index in [4.69, 9.17) is 4.74 Å². The van der Waals surface area contributed by atoms with Gasteiger partial charge in [0.15, 0.2) is 0 Å². The second-order valence-corrected chi connectivity index (χ2v) is 12.5. The highest BCUT2D eigenvalue weighted by atomic mass is 16.6. The van der Waals surface area contributed by atoms with Crippen LogP contribution in [-0.2, 0) is 20.7 Å². The zero-order valence-electron chi connectivity index (χ0n) is 25.5. The summed E-state index contributed by atoms with van der Waals surface area (Å²) in [5.74, 6) is -0.575. The SMILES string of the molecule is CC1CC1N(C(=O)C(Cc1ccccc1)NC(=O)OC(C)(C)C)C(C(=O)Nc1ccc2ccccc2c1)c1ccc(O)cc1. The number of hydrogen-bond donors (Lipinski definition) is 3. The summed E-state index contributed by atoms with van der Waals surface area (Å²) < 4.78 is 5.53. The molecule has 4 atom stereocenters. The average molecular weight is 594 g/mol.